The van der Waals surface area contributed by atoms with E-state index in [2.05, 4.69) is 31.5 Å². The fraction of sp³-hybridized carbons (Fsp3) is 0.500. The Balaban J connectivity index is 2.21. The highest BCUT2D eigenvalue weighted by molar-refractivity contribution is 9.10. The highest BCUT2D eigenvalue weighted by Crippen LogP contribution is 2.11. The van der Waals surface area contributed by atoms with Crippen molar-refractivity contribution in [1.82, 2.24) is 10.3 Å². The molecule has 0 aromatic carbocycles. The van der Waals surface area contributed by atoms with E-state index in [0.717, 1.165) is 10.3 Å². The van der Waals surface area contributed by atoms with Crippen LogP contribution in [0.5, 0.6) is 0 Å². The Labute approximate surface area is 115 Å². The summed E-state index contributed by atoms with van der Waals surface area (Å²) in [6.07, 6.45) is 1.30. The number of alkyl carbamates (subject to hydrolysis) is 1. The summed E-state index contributed by atoms with van der Waals surface area (Å²) in [4.78, 5) is 15.4. The number of amides is 1. The minimum absolute atomic E-state index is 0.403. The van der Waals surface area contributed by atoms with Gasteiger partial charge in [0.15, 0.2) is 0 Å². The SMILES string of the molecule is CC(C)(C)OC(=O)NCCNc1ccnc(Br)c1. The first-order chi connectivity index (χ1) is 8.37. The molecule has 0 aliphatic heterocycles. The third-order valence-electron chi connectivity index (χ3n) is 1.85. The van der Waals surface area contributed by atoms with Gasteiger partial charge in [-0.2, -0.15) is 0 Å². The smallest absolute Gasteiger partial charge is 0.407 e. The molecule has 0 unspecified atom stereocenters. The number of nitrogens with zero attached hydrogens (tertiary/aromatic N) is 1. The van der Waals surface area contributed by atoms with Crippen LogP contribution in [-0.2, 0) is 4.74 Å². The molecule has 1 aromatic rings. The average Bonchev–Trinajstić information content (AvgIpc) is 2.22. The molecule has 0 fully saturated rings. The first kappa shape index (κ1) is 14.8. The number of ether oxygens (including phenoxy) is 1. The van der Waals surface area contributed by atoms with Gasteiger partial charge in [-0.1, -0.05) is 0 Å². The largest absolute Gasteiger partial charge is 0.444 e. The van der Waals surface area contributed by atoms with Gasteiger partial charge in [0, 0.05) is 25.0 Å². The second-order valence-electron chi connectivity index (χ2n) is 4.72. The zero-order chi connectivity index (χ0) is 13.6. The lowest BCUT2D eigenvalue weighted by atomic mass is 10.2. The minimum atomic E-state index is -0.465. The normalized spacial score (nSPS) is 10.9. The summed E-state index contributed by atoms with van der Waals surface area (Å²) in [5, 5.41) is 5.84. The zero-order valence-corrected chi connectivity index (χ0v) is 12.4. The predicted molar refractivity (Wildman–Crippen MR) is 74.7 cm³/mol. The van der Waals surface area contributed by atoms with Crippen LogP contribution in [0.1, 0.15) is 20.8 Å². The van der Waals surface area contributed by atoms with E-state index >= 15 is 0 Å². The Kier molecular flexibility index (Phi) is 5.40. The summed E-state index contributed by atoms with van der Waals surface area (Å²) in [6.45, 7) is 6.61. The Bertz CT molecular complexity index is 405. The quantitative estimate of drug-likeness (QED) is 0.662. The van der Waals surface area contributed by atoms with Crippen molar-refractivity contribution >= 4 is 27.7 Å². The fourth-order valence-corrected chi connectivity index (χ4v) is 1.56. The van der Waals surface area contributed by atoms with Gasteiger partial charge in [0.2, 0.25) is 0 Å². The highest BCUT2D eigenvalue weighted by Gasteiger charge is 2.15. The number of hydrogen-bond acceptors (Lipinski definition) is 4. The Hall–Kier alpha value is -1.30. The topological polar surface area (TPSA) is 63.2 Å². The van der Waals surface area contributed by atoms with E-state index in [1.165, 1.54) is 0 Å². The maximum Gasteiger partial charge on any atom is 0.407 e. The van der Waals surface area contributed by atoms with E-state index in [0.29, 0.717) is 13.1 Å². The second kappa shape index (κ2) is 6.58. The summed E-state index contributed by atoms with van der Waals surface area (Å²) < 4.78 is 5.88. The third kappa shape index (κ3) is 6.44. The molecule has 0 radical (unpaired) electrons. The summed E-state index contributed by atoms with van der Waals surface area (Å²) in [5.41, 5.74) is 0.482. The maximum atomic E-state index is 11.3. The molecule has 1 rings (SSSR count). The maximum absolute atomic E-state index is 11.3. The monoisotopic (exact) mass is 315 g/mol. The zero-order valence-electron chi connectivity index (χ0n) is 10.8. The van der Waals surface area contributed by atoms with Crippen molar-refractivity contribution in [2.75, 3.05) is 18.4 Å². The summed E-state index contributed by atoms with van der Waals surface area (Å²) in [5.74, 6) is 0. The highest BCUT2D eigenvalue weighted by atomic mass is 79.9. The van der Waals surface area contributed by atoms with E-state index in [1.54, 1.807) is 6.20 Å². The summed E-state index contributed by atoms with van der Waals surface area (Å²) >= 11 is 3.29. The van der Waals surface area contributed by atoms with Gasteiger partial charge < -0.3 is 15.4 Å². The summed E-state index contributed by atoms with van der Waals surface area (Å²) in [6, 6.07) is 3.73. The number of nitrogens with one attached hydrogen (secondary N) is 2. The molecule has 2 N–H and O–H groups in total. The van der Waals surface area contributed by atoms with Gasteiger partial charge in [0.25, 0.3) is 0 Å². The molecule has 1 amide bonds. The van der Waals surface area contributed by atoms with Gasteiger partial charge in [0.05, 0.1) is 0 Å². The lowest BCUT2D eigenvalue weighted by Crippen LogP contribution is -2.34. The number of anilines is 1. The molecule has 6 heteroatoms. The first-order valence-electron chi connectivity index (χ1n) is 5.69. The van der Waals surface area contributed by atoms with Gasteiger partial charge in [-0.05, 0) is 48.8 Å². The van der Waals surface area contributed by atoms with Crippen LogP contribution in [0.2, 0.25) is 0 Å². The average molecular weight is 316 g/mol. The van der Waals surface area contributed by atoms with Crippen molar-refractivity contribution < 1.29 is 9.53 Å². The third-order valence-corrected chi connectivity index (χ3v) is 2.28. The van der Waals surface area contributed by atoms with Gasteiger partial charge in [-0.3, -0.25) is 0 Å². The van der Waals surface area contributed by atoms with E-state index in [4.69, 9.17) is 4.74 Å². The van der Waals surface area contributed by atoms with Gasteiger partial charge in [0.1, 0.15) is 10.2 Å². The van der Waals surface area contributed by atoms with Crippen LogP contribution in [0.4, 0.5) is 10.5 Å². The van der Waals surface area contributed by atoms with Crippen molar-refractivity contribution in [1.29, 1.82) is 0 Å². The van der Waals surface area contributed by atoms with E-state index in [9.17, 15) is 4.79 Å². The number of pyridine rings is 1. The van der Waals surface area contributed by atoms with Crippen LogP contribution < -0.4 is 10.6 Å². The van der Waals surface area contributed by atoms with E-state index in [1.807, 2.05) is 32.9 Å². The van der Waals surface area contributed by atoms with E-state index in [-0.39, 0.29) is 0 Å². The van der Waals surface area contributed by atoms with Crippen molar-refractivity contribution in [2.24, 2.45) is 0 Å². The van der Waals surface area contributed by atoms with Gasteiger partial charge in [-0.25, -0.2) is 9.78 Å². The Morgan fingerprint density at radius 3 is 2.78 bits per heavy atom. The number of hydrogen-bond donors (Lipinski definition) is 2. The minimum Gasteiger partial charge on any atom is -0.444 e. The summed E-state index contributed by atoms with van der Waals surface area (Å²) in [7, 11) is 0. The number of carbonyl (C=O) groups is 1. The van der Waals surface area contributed by atoms with Crippen LogP contribution in [0.15, 0.2) is 22.9 Å². The molecule has 1 heterocycles. The lowest BCUT2D eigenvalue weighted by molar-refractivity contribution is 0.0530. The molecule has 1 aromatic heterocycles. The molecule has 0 atom stereocenters. The van der Waals surface area contributed by atoms with Crippen LogP contribution in [0.3, 0.4) is 0 Å². The Morgan fingerprint density at radius 2 is 2.17 bits per heavy atom. The van der Waals surface area contributed by atoms with Crippen LogP contribution in [-0.4, -0.2) is 29.8 Å². The molecule has 0 aliphatic carbocycles. The number of carbonyl (C=O) groups excluding carboxylic acids is 1. The second-order valence-corrected chi connectivity index (χ2v) is 5.54. The molecule has 0 saturated carbocycles. The van der Waals surface area contributed by atoms with Crippen LogP contribution >= 0.6 is 15.9 Å². The molecule has 0 spiro atoms. The van der Waals surface area contributed by atoms with Gasteiger partial charge >= 0.3 is 6.09 Å². The number of aromatic nitrogens is 1. The molecule has 0 bridgehead atoms. The number of rotatable bonds is 4. The van der Waals surface area contributed by atoms with Crippen LogP contribution in [0.25, 0.3) is 0 Å². The molecule has 0 aliphatic rings. The van der Waals surface area contributed by atoms with Crippen LogP contribution in [0, 0.1) is 0 Å². The first-order valence-corrected chi connectivity index (χ1v) is 6.48. The molecule has 18 heavy (non-hydrogen) atoms. The number of halogens is 1. The molecule has 5 nitrogen and oxygen atoms in total. The van der Waals surface area contributed by atoms with Crippen molar-refractivity contribution in [3.63, 3.8) is 0 Å². The fourth-order valence-electron chi connectivity index (χ4n) is 1.20. The predicted octanol–water partition coefficient (Wildman–Crippen LogP) is 2.78. The molecular weight excluding hydrogens is 298 g/mol. The van der Waals surface area contributed by atoms with Crippen molar-refractivity contribution in [2.45, 2.75) is 26.4 Å². The molecular formula is C12H18BrN3O2. The molecule has 0 saturated heterocycles. The standard InChI is InChI=1S/C12H18BrN3O2/c1-12(2,3)18-11(17)16-7-6-14-9-4-5-15-10(13)8-9/h4-5,8H,6-7H2,1-3H3,(H,14,15)(H,16,17). The van der Waals surface area contributed by atoms with Gasteiger partial charge in [-0.15, -0.1) is 0 Å². The van der Waals surface area contributed by atoms with Crippen molar-refractivity contribution in [3.05, 3.63) is 22.9 Å². The van der Waals surface area contributed by atoms with E-state index < -0.39 is 11.7 Å². The molecule has 100 valence electrons. The Morgan fingerprint density at radius 1 is 1.44 bits per heavy atom. The lowest BCUT2D eigenvalue weighted by Gasteiger charge is -2.19. The van der Waals surface area contributed by atoms with Crippen molar-refractivity contribution in [3.8, 4) is 0 Å².